The van der Waals surface area contributed by atoms with E-state index in [1.165, 1.54) is 6.20 Å². The molecule has 0 radical (unpaired) electrons. The van der Waals surface area contributed by atoms with E-state index in [1.54, 1.807) is 6.07 Å². The van der Waals surface area contributed by atoms with Gasteiger partial charge < -0.3 is 10.6 Å². The topological polar surface area (TPSA) is 86.9 Å². The average Bonchev–Trinajstić information content (AvgIpc) is 3.00. The van der Waals surface area contributed by atoms with Crippen LogP contribution in [0.3, 0.4) is 0 Å². The summed E-state index contributed by atoms with van der Waals surface area (Å²) in [5, 5.41) is 12.0. The number of H-pyrrole nitrogens is 1. The monoisotopic (exact) mass is 250 g/mol. The fourth-order valence-electron chi connectivity index (χ4n) is 2.38. The third-order valence-corrected chi connectivity index (χ3v) is 3.33. The summed E-state index contributed by atoms with van der Waals surface area (Å²) in [6.45, 7) is 2.44. The van der Waals surface area contributed by atoms with Gasteiger partial charge in [-0.3, -0.25) is 14.7 Å². The lowest BCUT2D eigenvalue weighted by Gasteiger charge is -2.28. The molecule has 6 nitrogen and oxygen atoms in total. The lowest BCUT2D eigenvalue weighted by atomic mass is 9.96. The van der Waals surface area contributed by atoms with Crippen molar-refractivity contribution in [1.82, 2.24) is 20.8 Å². The highest BCUT2D eigenvalue weighted by Gasteiger charge is 2.42. The average molecular weight is 250 g/mol. The van der Waals surface area contributed by atoms with Crippen LogP contribution in [0.5, 0.6) is 0 Å². The van der Waals surface area contributed by atoms with Gasteiger partial charge in [0.05, 0.1) is 0 Å². The van der Waals surface area contributed by atoms with Gasteiger partial charge in [0.2, 0.25) is 5.91 Å². The number of amides is 2. The van der Waals surface area contributed by atoms with Gasteiger partial charge in [-0.25, -0.2) is 0 Å². The van der Waals surface area contributed by atoms with E-state index in [2.05, 4.69) is 20.8 Å². The summed E-state index contributed by atoms with van der Waals surface area (Å²) in [5.74, 6) is -0.365. The SMILES string of the molecule is CCNC(=O)C1(NC(=O)c2ccn[nH]2)CCCC1. The van der Waals surface area contributed by atoms with Crippen LogP contribution in [0.25, 0.3) is 0 Å². The molecule has 1 aromatic rings. The molecule has 6 heteroatoms. The maximum absolute atomic E-state index is 12.1. The highest BCUT2D eigenvalue weighted by Crippen LogP contribution is 2.30. The molecule has 0 spiro atoms. The Morgan fingerprint density at radius 2 is 2.17 bits per heavy atom. The van der Waals surface area contributed by atoms with Crippen LogP contribution >= 0.6 is 0 Å². The summed E-state index contributed by atoms with van der Waals surface area (Å²) in [5.41, 5.74) is -0.372. The van der Waals surface area contributed by atoms with Crippen molar-refractivity contribution in [2.75, 3.05) is 6.54 Å². The quantitative estimate of drug-likeness (QED) is 0.731. The van der Waals surface area contributed by atoms with Crippen LogP contribution in [-0.4, -0.2) is 34.1 Å². The second-order valence-electron chi connectivity index (χ2n) is 4.57. The van der Waals surface area contributed by atoms with E-state index in [0.29, 0.717) is 25.1 Å². The van der Waals surface area contributed by atoms with Crippen LogP contribution in [0.4, 0.5) is 0 Å². The minimum absolute atomic E-state index is 0.0876. The van der Waals surface area contributed by atoms with E-state index in [0.717, 1.165) is 12.8 Å². The number of hydrogen-bond acceptors (Lipinski definition) is 3. The van der Waals surface area contributed by atoms with Crippen molar-refractivity contribution in [3.8, 4) is 0 Å². The third kappa shape index (κ3) is 2.37. The summed E-state index contributed by atoms with van der Waals surface area (Å²) < 4.78 is 0. The molecular weight excluding hydrogens is 232 g/mol. The number of aromatic amines is 1. The zero-order valence-corrected chi connectivity index (χ0v) is 10.5. The predicted octanol–water partition coefficient (Wildman–Crippen LogP) is 0.588. The van der Waals surface area contributed by atoms with Crippen molar-refractivity contribution >= 4 is 11.8 Å². The third-order valence-electron chi connectivity index (χ3n) is 3.33. The van der Waals surface area contributed by atoms with Gasteiger partial charge in [0.1, 0.15) is 11.2 Å². The second kappa shape index (κ2) is 5.20. The molecule has 0 bridgehead atoms. The van der Waals surface area contributed by atoms with E-state index in [1.807, 2.05) is 6.92 Å². The number of hydrogen-bond donors (Lipinski definition) is 3. The molecule has 2 amide bonds. The van der Waals surface area contributed by atoms with Crippen LogP contribution in [0, 0.1) is 0 Å². The highest BCUT2D eigenvalue weighted by atomic mass is 16.2. The minimum Gasteiger partial charge on any atom is -0.354 e. The molecule has 1 aromatic heterocycles. The number of rotatable bonds is 4. The van der Waals surface area contributed by atoms with E-state index in [9.17, 15) is 9.59 Å². The van der Waals surface area contributed by atoms with E-state index in [-0.39, 0.29) is 11.8 Å². The molecule has 18 heavy (non-hydrogen) atoms. The van der Waals surface area contributed by atoms with Gasteiger partial charge in [0.25, 0.3) is 5.91 Å². The van der Waals surface area contributed by atoms with Crippen molar-refractivity contribution in [1.29, 1.82) is 0 Å². The normalized spacial score (nSPS) is 17.4. The molecular formula is C12H18N4O2. The molecule has 2 rings (SSSR count). The van der Waals surface area contributed by atoms with E-state index in [4.69, 9.17) is 0 Å². The second-order valence-corrected chi connectivity index (χ2v) is 4.57. The number of carbonyl (C=O) groups excluding carboxylic acids is 2. The number of nitrogens with one attached hydrogen (secondary N) is 3. The molecule has 1 aliphatic rings. The van der Waals surface area contributed by atoms with Gasteiger partial charge in [-0.2, -0.15) is 5.10 Å². The molecule has 0 unspecified atom stereocenters. The fraction of sp³-hybridized carbons (Fsp3) is 0.583. The van der Waals surface area contributed by atoms with Gasteiger partial charge in [-0.1, -0.05) is 12.8 Å². The molecule has 0 saturated heterocycles. The number of aromatic nitrogens is 2. The molecule has 1 saturated carbocycles. The Morgan fingerprint density at radius 3 is 2.72 bits per heavy atom. The molecule has 0 aliphatic heterocycles. The molecule has 98 valence electrons. The maximum Gasteiger partial charge on any atom is 0.270 e. The Balaban J connectivity index is 2.11. The van der Waals surface area contributed by atoms with Crippen molar-refractivity contribution in [2.45, 2.75) is 38.1 Å². The molecule has 1 fully saturated rings. The first-order valence-corrected chi connectivity index (χ1v) is 6.28. The van der Waals surface area contributed by atoms with Gasteiger partial charge in [-0.15, -0.1) is 0 Å². The molecule has 1 heterocycles. The number of carbonyl (C=O) groups is 2. The Morgan fingerprint density at radius 1 is 1.44 bits per heavy atom. The largest absolute Gasteiger partial charge is 0.354 e. The van der Waals surface area contributed by atoms with Gasteiger partial charge in [-0.05, 0) is 25.8 Å². The predicted molar refractivity (Wildman–Crippen MR) is 65.9 cm³/mol. The molecule has 0 atom stereocenters. The van der Waals surface area contributed by atoms with Crippen LogP contribution < -0.4 is 10.6 Å². The summed E-state index contributed by atoms with van der Waals surface area (Å²) in [6, 6.07) is 1.59. The summed E-state index contributed by atoms with van der Waals surface area (Å²) >= 11 is 0. The Hall–Kier alpha value is -1.85. The van der Waals surface area contributed by atoms with Crippen LogP contribution in [0.2, 0.25) is 0 Å². The van der Waals surface area contributed by atoms with Crippen molar-refractivity contribution in [3.05, 3.63) is 18.0 Å². The lowest BCUT2D eigenvalue weighted by Crippen LogP contribution is -2.57. The molecule has 3 N–H and O–H groups in total. The first kappa shape index (κ1) is 12.6. The van der Waals surface area contributed by atoms with Crippen LogP contribution in [-0.2, 0) is 4.79 Å². The summed E-state index contributed by atoms with van der Waals surface area (Å²) in [4.78, 5) is 24.1. The number of nitrogens with zero attached hydrogens (tertiary/aromatic N) is 1. The maximum atomic E-state index is 12.1. The highest BCUT2D eigenvalue weighted by molar-refractivity contribution is 5.98. The fourth-order valence-corrected chi connectivity index (χ4v) is 2.38. The standard InChI is InChI=1S/C12H18N4O2/c1-2-13-11(18)12(6-3-4-7-12)15-10(17)9-5-8-14-16-9/h5,8H,2-4,6-7H2,1H3,(H,13,18)(H,14,16)(H,15,17). The zero-order valence-electron chi connectivity index (χ0n) is 10.5. The molecule has 1 aliphatic carbocycles. The first-order chi connectivity index (χ1) is 8.68. The Bertz CT molecular complexity index is 421. The van der Waals surface area contributed by atoms with Gasteiger partial charge >= 0.3 is 0 Å². The van der Waals surface area contributed by atoms with Crippen LogP contribution in [0.15, 0.2) is 12.3 Å². The zero-order chi connectivity index (χ0) is 13.0. The van der Waals surface area contributed by atoms with Gasteiger partial charge in [0.15, 0.2) is 0 Å². The summed E-state index contributed by atoms with van der Waals surface area (Å²) in [7, 11) is 0. The first-order valence-electron chi connectivity index (χ1n) is 6.28. The van der Waals surface area contributed by atoms with Crippen molar-refractivity contribution < 1.29 is 9.59 Å². The Labute approximate surface area is 106 Å². The number of likely N-dealkylation sites (N-methyl/N-ethyl adjacent to an activating group) is 1. The lowest BCUT2D eigenvalue weighted by molar-refractivity contribution is -0.127. The smallest absolute Gasteiger partial charge is 0.270 e. The molecule has 0 aromatic carbocycles. The van der Waals surface area contributed by atoms with Crippen LogP contribution in [0.1, 0.15) is 43.1 Å². The van der Waals surface area contributed by atoms with Gasteiger partial charge in [0, 0.05) is 12.7 Å². The van der Waals surface area contributed by atoms with Crippen molar-refractivity contribution in [3.63, 3.8) is 0 Å². The Kier molecular flexibility index (Phi) is 3.64. The summed E-state index contributed by atoms with van der Waals surface area (Å²) in [6.07, 6.45) is 4.82. The van der Waals surface area contributed by atoms with Crippen molar-refractivity contribution in [2.24, 2.45) is 0 Å². The van der Waals surface area contributed by atoms with E-state index < -0.39 is 5.54 Å². The minimum atomic E-state index is -0.752. The van der Waals surface area contributed by atoms with E-state index >= 15 is 0 Å².